The van der Waals surface area contributed by atoms with Crippen molar-refractivity contribution in [3.05, 3.63) is 91.0 Å². The molecule has 5 rings (SSSR count). The van der Waals surface area contributed by atoms with Gasteiger partial charge in [0.25, 0.3) is 0 Å². The topological polar surface area (TPSA) is 25.0 Å². The summed E-state index contributed by atoms with van der Waals surface area (Å²) in [5, 5.41) is 2.41. The molecule has 1 aromatic heterocycles. The molecule has 0 aliphatic rings. The molecule has 4 aromatic carbocycles. The van der Waals surface area contributed by atoms with Gasteiger partial charge in [-0.3, -0.25) is 0 Å². The van der Waals surface area contributed by atoms with E-state index < -0.39 is 0 Å². The van der Waals surface area contributed by atoms with Crippen molar-refractivity contribution in [2.75, 3.05) is 7.11 Å². The third kappa shape index (κ3) is 2.58. The number of aromatic nitrogens is 1. The van der Waals surface area contributed by atoms with Gasteiger partial charge in [0.2, 0.25) is 0 Å². The second kappa shape index (κ2) is 6.33. The highest BCUT2D eigenvalue weighted by molar-refractivity contribution is 6.18. The minimum absolute atomic E-state index is 0.868. The zero-order valence-corrected chi connectivity index (χ0v) is 15.1. The molecule has 5 aromatic rings. The molecular weight excluding hydrogens is 330 g/mol. The number of fused-ring (bicyclic) bond motifs is 3. The van der Waals surface area contributed by atoms with Crippen LogP contribution in [-0.2, 0) is 0 Å². The van der Waals surface area contributed by atoms with Crippen LogP contribution >= 0.6 is 0 Å². The highest BCUT2D eigenvalue weighted by Gasteiger charge is 2.15. The van der Waals surface area contributed by atoms with Crippen molar-refractivity contribution < 1.29 is 4.74 Å². The van der Waals surface area contributed by atoms with E-state index in [1.54, 1.807) is 7.11 Å². The Kier molecular flexibility index (Phi) is 3.68. The number of hydrogen-bond donors (Lipinski definition) is 1. The Morgan fingerprint density at radius 1 is 0.667 bits per heavy atom. The van der Waals surface area contributed by atoms with Crippen LogP contribution in [0.3, 0.4) is 0 Å². The van der Waals surface area contributed by atoms with Crippen LogP contribution in [0.5, 0.6) is 5.75 Å². The van der Waals surface area contributed by atoms with Gasteiger partial charge in [-0.1, -0.05) is 72.8 Å². The van der Waals surface area contributed by atoms with E-state index >= 15 is 0 Å². The first-order valence-corrected chi connectivity index (χ1v) is 9.08. The first-order valence-electron chi connectivity index (χ1n) is 9.08. The van der Waals surface area contributed by atoms with Crippen molar-refractivity contribution in [3.8, 4) is 28.0 Å². The van der Waals surface area contributed by atoms with Crippen molar-refractivity contribution in [1.29, 1.82) is 0 Å². The van der Waals surface area contributed by atoms with Gasteiger partial charge in [0.15, 0.2) is 0 Å². The average Bonchev–Trinajstić information content (AvgIpc) is 3.13. The Bertz CT molecular complexity index is 1240. The lowest BCUT2D eigenvalue weighted by Gasteiger charge is -2.09. The lowest BCUT2D eigenvalue weighted by atomic mass is 9.94. The van der Waals surface area contributed by atoms with Crippen LogP contribution in [0.1, 0.15) is 0 Å². The minimum atomic E-state index is 0.868. The van der Waals surface area contributed by atoms with E-state index in [1.807, 2.05) is 6.07 Å². The Morgan fingerprint density at radius 2 is 1.30 bits per heavy atom. The molecule has 1 N–H and O–H groups in total. The van der Waals surface area contributed by atoms with Gasteiger partial charge >= 0.3 is 0 Å². The fourth-order valence-corrected chi connectivity index (χ4v) is 3.83. The Hall–Kier alpha value is -3.52. The third-order valence-electron chi connectivity index (χ3n) is 5.13. The highest BCUT2D eigenvalue weighted by atomic mass is 16.5. The molecule has 27 heavy (non-hydrogen) atoms. The number of aromatic amines is 1. The minimum Gasteiger partial charge on any atom is -0.497 e. The van der Waals surface area contributed by atoms with Gasteiger partial charge in [-0.15, -0.1) is 0 Å². The fraction of sp³-hybridized carbons (Fsp3) is 0.0400. The van der Waals surface area contributed by atoms with Gasteiger partial charge in [0, 0.05) is 21.9 Å². The quantitative estimate of drug-likeness (QED) is 0.387. The molecule has 2 nitrogen and oxygen atoms in total. The molecule has 130 valence electrons. The second-order valence-corrected chi connectivity index (χ2v) is 6.68. The van der Waals surface area contributed by atoms with Gasteiger partial charge in [0.1, 0.15) is 5.75 Å². The summed E-state index contributed by atoms with van der Waals surface area (Å²) in [7, 11) is 1.71. The summed E-state index contributed by atoms with van der Waals surface area (Å²) >= 11 is 0. The predicted molar refractivity (Wildman–Crippen MR) is 113 cm³/mol. The summed E-state index contributed by atoms with van der Waals surface area (Å²) in [6.45, 7) is 0. The summed E-state index contributed by atoms with van der Waals surface area (Å²) < 4.78 is 5.49. The second-order valence-electron chi connectivity index (χ2n) is 6.68. The lowest BCUT2D eigenvalue weighted by Crippen LogP contribution is -1.85. The van der Waals surface area contributed by atoms with Crippen molar-refractivity contribution in [1.82, 2.24) is 4.98 Å². The van der Waals surface area contributed by atoms with E-state index in [2.05, 4.69) is 89.9 Å². The number of hydrogen-bond acceptors (Lipinski definition) is 1. The number of rotatable bonds is 3. The molecule has 0 amide bonds. The van der Waals surface area contributed by atoms with Crippen LogP contribution in [0, 0.1) is 0 Å². The van der Waals surface area contributed by atoms with Gasteiger partial charge < -0.3 is 9.72 Å². The number of ether oxygens (including phenoxy) is 1. The van der Waals surface area contributed by atoms with E-state index in [-0.39, 0.29) is 0 Å². The van der Waals surface area contributed by atoms with E-state index in [4.69, 9.17) is 4.74 Å². The summed E-state index contributed by atoms with van der Waals surface area (Å²) in [4.78, 5) is 3.65. The van der Waals surface area contributed by atoms with Crippen LogP contribution in [0.25, 0.3) is 44.1 Å². The summed E-state index contributed by atoms with van der Waals surface area (Å²) in [6, 6.07) is 31.7. The van der Waals surface area contributed by atoms with Gasteiger partial charge in [0.05, 0.1) is 12.6 Å². The van der Waals surface area contributed by atoms with Crippen LogP contribution in [0.15, 0.2) is 91.0 Å². The zero-order valence-electron chi connectivity index (χ0n) is 15.1. The van der Waals surface area contributed by atoms with E-state index in [0.29, 0.717) is 0 Å². The molecule has 0 unspecified atom stereocenters. The van der Waals surface area contributed by atoms with Crippen molar-refractivity contribution in [2.45, 2.75) is 0 Å². The van der Waals surface area contributed by atoms with Gasteiger partial charge in [-0.2, -0.15) is 0 Å². The Labute approximate surface area is 158 Å². The Balaban J connectivity index is 1.91. The van der Waals surface area contributed by atoms with Crippen LogP contribution in [0.4, 0.5) is 0 Å². The van der Waals surface area contributed by atoms with Crippen LogP contribution < -0.4 is 4.74 Å². The number of methoxy groups -OCH3 is 1. The Morgan fingerprint density at radius 3 is 1.96 bits per heavy atom. The number of nitrogens with one attached hydrogen (secondary N) is 1. The molecule has 0 aliphatic heterocycles. The average molecular weight is 349 g/mol. The molecule has 0 spiro atoms. The molecule has 0 fully saturated rings. The standard InChI is InChI=1S/C25H19NO/c1-27-19-12-15-23-22(16-19)24-20(17-8-4-2-5-9-17)13-14-21(25(24)26-23)18-10-6-3-7-11-18/h2-16,26H,1H3. The first kappa shape index (κ1) is 15.7. The maximum Gasteiger partial charge on any atom is 0.119 e. The number of benzene rings is 4. The smallest absolute Gasteiger partial charge is 0.119 e. The highest BCUT2D eigenvalue weighted by Crippen LogP contribution is 2.40. The molecule has 0 aliphatic carbocycles. The molecule has 2 heteroatoms. The van der Waals surface area contributed by atoms with E-state index in [1.165, 1.54) is 33.0 Å². The van der Waals surface area contributed by atoms with Crippen molar-refractivity contribution in [2.24, 2.45) is 0 Å². The van der Waals surface area contributed by atoms with E-state index in [0.717, 1.165) is 16.8 Å². The molecule has 0 atom stereocenters. The molecule has 0 radical (unpaired) electrons. The number of H-pyrrole nitrogens is 1. The summed E-state index contributed by atoms with van der Waals surface area (Å²) in [5.74, 6) is 0.868. The molecule has 1 heterocycles. The lowest BCUT2D eigenvalue weighted by molar-refractivity contribution is 0.415. The SMILES string of the molecule is COc1ccc2[nH]c3c(-c4ccccc4)ccc(-c4ccccc4)c3c2c1. The van der Waals surface area contributed by atoms with Crippen LogP contribution in [-0.4, -0.2) is 12.1 Å². The van der Waals surface area contributed by atoms with Gasteiger partial charge in [-0.25, -0.2) is 0 Å². The first-order chi connectivity index (χ1) is 13.3. The third-order valence-corrected chi connectivity index (χ3v) is 5.13. The van der Waals surface area contributed by atoms with Crippen LogP contribution in [0.2, 0.25) is 0 Å². The van der Waals surface area contributed by atoms with Gasteiger partial charge in [-0.05, 0) is 34.9 Å². The summed E-state index contributed by atoms with van der Waals surface area (Å²) in [5.41, 5.74) is 7.13. The fourth-order valence-electron chi connectivity index (χ4n) is 3.83. The maximum absolute atomic E-state index is 5.49. The monoisotopic (exact) mass is 349 g/mol. The zero-order chi connectivity index (χ0) is 18.2. The molecule has 0 bridgehead atoms. The molecule has 0 saturated heterocycles. The molecule has 0 saturated carbocycles. The largest absolute Gasteiger partial charge is 0.497 e. The molecular formula is C25H19NO. The normalized spacial score (nSPS) is 11.1. The predicted octanol–water partition coefficient (Wildman–Crippen LogP) is 6.66. The van der Waals surface area contributed by atoms with Crippen molar-refractivity contribution in [3.63, 3.8) is 0 Å². The summed E-state index contributed by atoms with van der Waals surface area (Å²) in [6.07, 6.45) is 0. The maximum atomic E-state index is 5.49. The van der Waals surface area contributed by atoms with Crippen molar-refractivity contribution >= 4 is 21.8 Å². The van der Waals surface area contributed by atoms with E-state index in [9.17, 15) is 0 Å².